The molecule has 0 aliphatic rings. The van der Waals surface area contributed by atoms with Crippen LogP contribution in [0.25, 0.3) is 22.3 Å². The van der Waals surface area contributed by atoms with Crippen LogP contribution in [0.4, 0.5) is 0 Å². The summed E-state index contributed by atoms with van der Waals surface area (Å²) in [5.74, 6) is -0.159. The van der Waals surface area contributed by atoms with Crippen LogP contribution in [0, 0.1) is 0 Å². The number of amides is 1. The molecule has 4 aromatic rings. The molecule has 6 heteroatoms. The molecule has 0 spiro atoms. The monoisotopic (exact) mass is 386 g/mol. The Morgan fingerprint density at radius 2 is 2.00 bits per heavy atom. The van der Waals surface area contributed by atoms with Gasteiger partial charge in [0.1, 0.15) is 5.69 Å². The van der Waals surface area contributed by atoms with Gasteiger partial charge in [0.15, 0.2) is 0 Å². The van der Waals surface area contributed by atoms with Gasteiger partial charge in [-0.1, -0.05) is 30.3 Å². The van der Waals surface area contributed by atoms with Gasteiger partial charge in [-0.25, -0.2) is 4.68 Å². The van der Waals surface area contributed by atoms with E-state index in [9.17, 15) is 4.79 Å². The highest BCUT2D eigenvalue weighted by Crippen LogP contribution is 2.28. The average Bonchev–Trinajstić information content (AvgIpc) is 3.42. The van der Waals surface area contributed by atoms with Crippen molar-refractivity contribution >= 4 is 23.3 Å². The smallest absolute Gasteiger partial charge is 0.244 e. The van der Waals surface area contributed by atoms with Gasteiger partial charge >= 0.3 is 0 Å². The molecule has 0 saturated heterocycles. The van der Waals surface area contributed by atoms with Crippen molar-refractivity contribution in [3.63, 3.8) is 0 Å². The number of aromatic nitrogens is 3. The van der Waals surface area contributed by atoms with Crippen LogP contribution in [0.3, 0.4) is 0 Å². The second-order valence-corrected chi connectivity index (χ2v) is 7.05. The highest BCUT2D eigenvalue weighted by atomic mass is 32.1. The summed E-state index contributed by atoms with van der Waals surface area (Å²) < 4.78 is 1.84. The van der Waals surface area contributed by atoms with E-state index in [2.05, 4.69) is 10.3 Å². The highest BCUT2D eigenvalue weighted by Gasteiger charge is 2.11. The van der Waals surface area contributed by atoms with Crippen molar-refractivity contribution in [2.24, 2.45) is 0 Å². The second kappa shape index (κ2) is 8.45. The first-order valence-electron chi connectivity index (χ1n) is 8.83. The molecular weight excluding hydrogens is 368 g/mol. The van der Waals surface area contributed by atoms with Crippen molar-refractivity contribution in [1.29, 1.82) is 0 Å². The third kappa shape index (κ3) is 4.24. The van der Waals surface area contributed by atoms with Crippen molar-refractivity contribution < 1.29 is 4.79 Å². The topological polar surface area (TPSA) is 59.8 Å². The number of carbonyl (C=O) groups is 1. The Balaban J connectivity index is 1.55. The fourth-order valence-electron chi connectivity index (χ4n) is 2.74. The van der Waals surface area contributed by atoms with E-state index in [1.165, 1.54) is 0 Å². The molecule has 138 valence electrons. The molecule has 28 heavy (non-hydrogen) atoms. The normalized spacial score (nSPS) is 11.0. The first kappa shape index (κ1) is 17.9. The summed E-state index contributed by atoms with van der Waals surface area (Å²) >= 11 is 1.62. The largest absolute Gasteiger partial charge is 0.348 e. The summed E-state index contributed by atoms with van der Waals surface area (Å²) in [6.07, 6.45) is 8.74. The van der Waals surface area contributed by atoms with Gasteiger partial charge < -0.3 is 5.32 Å². The zero-order chi connectivity index (χ0) is 19.2. The third-order valence-electron chi connectivity index (χ3n) is 4.12. The lowest BCUT2D eigenvalue weighted by molar-refractivity contribution is -0.116. The van der Waals surface area contributed by atoms with Crippen LogP contribution in [-0.2, 0) is 11.3 Å². The lowest BCUT2D eigenvalue weighted by Crippen LogP contribution is -2.20. The van der Waals surface area contributed by atoms with Gasteiger partial charge in [0.25, 0.3) is 0 Å². The predicted octanol–water partition coefficient (Wildman–Crippen LogP) is 4.33. The first-order valence-corrected chi connectivity index (χ1v) is 9.71. The molecule has 1 amide bonds. The van der Waals surface area contributed by atoms with Crippen LogP contribution in [0.1, 0.15) is 11.1 Å². The molecular formula is C22H18N4OS. The molecule has 0 atom stereocenters. The van der Waals surface area contributed by atoms with E-state index in [0.29, 0.717) is 6.54 Å². The number of rotatable bonds is 6. The minimum Gasteiger partial charge on any atom is -0.348 e. The van der Waals surface area contributed by atoms with Crippen LogP contribution in [0.15, 0.2) is 84.6 Å². The SMILES string of the molecule is O=C(/C=C/c1cn(-c2ccccc2)nc1-c1cccs1)NCc1cccnc1. The van der Waals surface area contributed by atoms with Crippen LogP contribution >= 0.6 is 11.3 Å². The molecule has 0 fully saturated rings. The Hall–Kier alpha value is -3.51. The summed E-state index contributed by atoms with van der Waals surface area (Å²) in [7, 11) is 0. The maximum Gasteiger partial charge on any atom is 0.244 e. The molecule has 1 N–H and O–H groups in total. The minimum absolute atomic E-state index is 0.159. The fraction of sp³-hybridized carbons (Fsp3) is 0.0455. The number of hydrogen-bond donors (Lipinski definition) is 1. The summed E-state index contributed by atoms with van der Waals surface area (Å²) in [5.41, 5.74) is 3.68. The van der Waals surface area contributed by atoms with Crippen molar-refractivity contribution in [3.05, 3.63) is 95.8 Å². The molecule has 0 unspecified atom stereocenters. The second-order valence-electron chi connectivity index (χ2n) is 6.10. The first-order chi connectivity index (χ1) is 13.8. The van der Waals surface area contributed by atoms with E-state index in [0.717, 1.165) is 27.4 Å². The number of benzene rings is 1. The average molecular weight is 386 g/mol. The van der Waals surface area contributed by atoms with Crippen molar-refractivity contribution in [1.82, 2.24) is 20.1 Å². The van der Waals surface area contributed by atoms with Crippen molar-refractivity contribution in [2.45, 2.75) is 6.54 Å². The molecule has 3 heterocycles. The van der Waals surface area contributed by atoms with Crippen molar-refractivity contribution in [2.75, 3.05) is 0 Å². The number of nitrogens with zero attached hydrogens (tertiary/aromatic N) is 3. The highest BCUT2D eigenvalue weighted by molar-refractivity contribution is 7.13. The van der Waals surface area contributed by atoms with Gasteiger partial charge in [0, 0.05) is 36.8 Å². The quantitative estimate of drug-likeness (QED) is 0.502. The molecule has 0 saturated carbocycles. The van der Waals surface area contributed by atoms with E-state index in [1.54, 1.807) is 35.9 Å². The van der Waals surface area contributed by atoms with Gasteiger partial charge in [-0.05, 0) is 41.3 Å². The third-order valence-corrected chi connectivity index (χ3v) is 5.00. The number of thiophene rings is 1. The number of nitrogens with one attached hydrogen (secondary N) is 1. The fourth-order valence-corrected chi connectivity index (χ4v) is 3.47. The van der Waals surface area contributed by atoms with Crippen LogP contribution < -0.4 is 5.32 Å². The van der Waals surface area contributed by atoms with Crippen molar-refractivity contribution in [3.8, 4) is 16.3 Å². The number of pyridine rings is 1. The number of hydrogen-bond acceptors (Lipinski definition) is 4. The lowest BCUT2D eigenvalue weighted by atomic mass is 10.2. The maximum atomic E-state index is 12.2. The van der Waals surface area contributed by atoms with Crippen LogP contribution in [-0.4, -0.2) is 20.7 Å². The Labute approximate surface area is 167 Å². The molecule has 3 aromatic heterocycles. The number of para-hydroxylation sites is 1. The standard InChI is InChI=1S/C22H18N4OS/c27-21(24-15-17-6-4-12-23-14-17)11-10-18-16-26(19-7-2-1-3-8-19)25-22(18)20-9-5-13-28-20/h1-14,16H,15H2,(H,24,27)/b11-10+. The van der Waals surface area contributed by atoms with Gasteiger partial charge in [-0.3, -0.25) is 9.78 Å². The molecule has 0 radical (unpaired) electrons. The van der Waals surface area contributed by atoms with Gasteiger partial charge in [-0.15, -0.1) is 11.3 Å². The van der Waals surface area contributed by atoms with E-state index in [-0.39, 0.29) is 5.91 Å². The molecule has 4 rings (SSSR count). The van der Waals surface area contributed by atoms with Gasteiger partial charge in [0.2, 0.25) is 5.91 Å². The van der Waals surface area contributed by atoms with E-state index in [4.69, 9.17) is 5.10 Å². The zero-order valence-corrected chi connectivity index (χ0v) is 15.8. The molecule has 0 bridgehead atoms. The predicted molar refractivity (Wildman–Crippen MR) is 112 cm³/mol. The van der Waals surface area contributed by atoms with Gasteiger partial charge in [-0.2, -0.15) is 5.10 Å². The summed E-state index contributed by atoms with van der Waals surface area (Å²) in [4.78, 5) is 17.3. The maximum absolute atomic E-state index is 12.2. The van der Waals surface area contributed by atoms with Crippen LogP contribution in [0.5, 0.6) is 0 Å². The Bertz CT molecular complexity index is 1070. The van der Waals surface area contributed by atoms with E-state index in [1.807, 2.05) is 70.9 Å². The van der Waals surface area contributed by atoms with E-state index < -0.39 is 0 Å². The van der Waals surface area contributed by atoms with E-state index >= 15 is 0 Å². The Morgan fingerprint density at radius 1 is 1.11 bits per heavy atom. The lowest BCUT2D eigenvalue weighted by Gasteiger charge is -2.01. The van der Waals surface area contributed by atoms with Crippen LogP contribution in [0.2, 0.25) is 0 Å². The Kier molecular flexibility index (Phi) is 5.40. The molecule has 0 aliphatic carbocycles. The molecule has 5 nitrogen and oxygen atoms in total. The molecule has 1 aromatic carbocycles. The summed E-state index contributed by atoms with van der Waals surface area (Å²) in [5, 5.41) is 9.62. The Morgan fingerprint density at radius 3 is 2.75 bits per heavy atom. The summed E-state index contributed by atoms with van der Waals surface area (Å²) in [6, 6.07) is 17.7. The number of carbonyl (C=O) groups excluding carboxylic acids is 1. The van der Waals surface area contributed by atoms with Gasteiger partial charge in [0.05, 0.1) is 10.6 Å². The zero-order valence-electron chi connectivity index (χ0n) is 15.0. The molecule has 0 aliphatic heterocycles. The summed E-state index contributed by atoms with van der Waals surface area (Å²) in [6.45, 7) is 0.443. The minimum atomic E-state index is -0.159.